The number of nitrogens with one attached hydrogen (secondary N) is 1. The molecule has 6 nitrogen and oxygen atoms in total. The van der Waals surface area contributed by atoms with Crippen molar-refractivity contribution in [2.45, 2.75) is 25.3 Å². The first-order chi connectivity index (χ1) is 9.61. The van der Waals surface area contributed by atoms with Crippen molar-refractivity contribution < 1.29 is 4.79 Å². The van der Waals surface area contributed by atoms with Gasteiger partial charge in [-0.2, -0.15) is 0 Å². The number of amides is 1. The van der Waals surface area contributed by atoms with Gasteiger partial charge in [0.05, 0.1) is 0 Å². The molecule has 5 N–H and O–H groups in total. The van der Waals surface area contributed by atoms with Gasteiger partial charge >= 0.3 is 0 Å². The summed E-state index contributed by atoms with van der Waals surface area (Å²) >= 11 is 1.31. The van der Waals surface area contributed by atoms with Crippen LogP contribution in [0.2, 0.25) is 0 Å². The number of rotatable bonds is 5. The largest absolute Gasteiger partial charge is 0.382 e. The van der Waals surface area contributed by atoms with Crippen LogP contribution in [-0.2, 0) is 0 Å². The van der Waals surface area contributed by atoms with Crippen LogP contribution in [0, 0.1) is 12.3 Å². The third-order valence-corrected chi connectivity index (χ3v) is 4.26. The van der Waals surface area contributed by atoms with Crippen LogP contribution >= 0.6 is 11.3 Å². The number of hydrogen-bond donors (Lipinski definition) is 3. The molecule has 1 fully saturated rings. The van der Waals surface area contributed by atoms with Crippen molar-refractivity contribution >= 4 is 28.2 Å². The summed E-state index contributed by atoms with van der Waals surface area (Å²) in [5.41, 5.74) is 11.7. The number of anilines is 2. The molecule has 2 rings (SSSR count). The van der Waals surface area contributed by atoms with E-state index in [1.165, 1.54) is 11.3 Å². The molecule has 0 aromatic carbocycles. The van der Waals surface area contributed by atoms with Gasteiger partial charge in [0.1, 0.15) is 10.7 Å². The minimum Gasteiger partial charge on any atom is -0.382 e. The molecule has 1 aliphatic heterocycles. The van der Waals surface area contributed by atoms with Crippen molar-refractivity contribution in [1.29, 1.82) is 0 Å². The number of nitrogen functional groups attached to an aromatic ring is 1. The molecule has 1 aromatic heterocycles. The zero-order valence-electron chi connectivity index (χ0n) is 11.3. The van der Waals surface area contributed by atoms with E-state index in [1.54, 1.807) is 0 Å². The monoisotopic (exact) mass is 293 g/mol. The Bertz CT molecular complexity index is 521. The number of carbonyl (C=O) groups is 1. The standard InChI is InChI=1S/C13H19N5OS/c1-2-3-4-6-16-12(19)10-11(15)17-13(20-10)18-7-5-9(14)8-18/h1,9H,3-8,14-15H2,(H,16,19). The fraction of sp³-hybridized carbons (Fsp3) is 0.538. The molecular weight excluding hydrogens is 274 g/mol. The minimum absolute atomic E-state index is 0.168. The van der Waals surface area contributed by atoms with Crippen LogP contribution in [0.25, 0.3) is 0 Å². The van der Waals surface area contributed by atoms with Crippen molar-refractivity contribution in [1.82, 2.24) is 10.3 Å². The van der Waals surface area contributed by atoms with E-state index < -0.39 is 0 Å². The lowest BCUT2D eigenvalue weighted by Gasteiger charge is -2.12. The summed E-state index contributed by atoms with van der Waals surface area (Å²) < 4.78 is 0. The molecule has 1 aliphatic rings. The molecule has 1 unspecified atom stereocenters. The molecule has 1 atom stereocenters. The van der Waals surface area contributed by atoms with Gasteiger partial charge in [-0.3, -0.25) is 4.79 Å². The van der Waals surface area contributed by atoms with Gasteiger partial charge in [-0.25, -0.2) is 4.98 Å². The maximum Gasteiger partial charge on any atom is 0.265 e. The van der Waals surface area contributed by atoms with Crippen molar-refractivity contribution in [3.8, 4) is 12.3 Å². The maximum atomic E-state index is 12.0. The third kappa shape index (κ3) is 3.40. The highest BCUT2D eigenvalue weighted by Gasteiger charge is 2.24. The number of hydrogen-bond acceptors (Lipinski definition) is 6. The number of terminal acetylenes is 1. The van der Waals surface area contributed by atoms with Crippen LogP contribution < -0.4 is 21.7 Å². The van der Waals surface area contributed by atoms with E-state index in [9.17, 15) is 4.79 Å². The lowest BCUT2D eigenvalue weighted by molar-refractivity contribution is 0.0958. The third-order valence-electron chi connectivity index (χ3n) is 3.13. The Morgan fingerprint density at radius 2 is 2.45 bits per heavy atom. The molecule has 0 spiro atoms. The van der Waals surface area contributed by atoms with Gasteiger partial charge in [0, 0.05) is 32.1 Å². The molecule has 2 heterocycles. The van der Waals surface area contributed by atoms with Crippen LogP contribution in [0.15, 0.2) is 0 Å². The molecule has 108 valence electrons. The normalized spacial score (nSPS) is 18.0. The van der Waals surface area contributed by atoms with Crippen LogP contribution in [0.5, 0.6) is 0 Å². The van der Waals surface area contributed by atoms with E-state index in [-0.39, 0.29) is 17.8 Å². The summed E-state index contributed by atoms with van der Waals surface area (Å²) in [6.45, 7) is 2.16. The Hall–Kier alpha value is -1.78. The molecule has 7 heteroatoms. The average molecular weight is 293 g/mol. The van der Waals surface area contributed by atoms with Gasteiger partial charge < -0.3 is 21.7 Å². The molecule has 0 saturated carbocycles. The summed E-state index contributed by atoms with van der Waals surface area (Å²) in [6, 6.07) is 0.168. The quantitative estimate of drug-likeness (QED) is 0.539. The fourth-order valence-corrected chi connectivity index (χ4v) is 2.99. The molecule has 20 heavy (non-hydrogen) atoms. The SMILES string of the molecule is C#CCCCNC(=O)c1sc(N2CCC(N)C2)nc1N. The van der Waals surface area contributed by atoms with E-state index in [2.05, 4.69) is 21.1 Å². The van der Waals surface area contributed by atoms with Crippen molar-refractivity contribution in [2.75, 3.05) is 30.3 Å². The first-order valence-corrected chi connectivity index (χ1v) is 7.42. The predicted octanol–water partition coefficient (Wildman–Crippen LogP) is 0.406. The highest BCUT2D eigenvalue weighted by atomic mass is 32.1. The van der Waals surface area contributed by atoms with Crippen LogP contribution in [0.3, 0.4) is 0 Å². The van der Waals surface area contributed by atoms with Crippen molar-refractivity contribution in [3.05, 3.63) is 4.88 Å². The lowest BCUT2D eigenvalue weighted by Crippen LogP contribution is -2.26. The zero-order chi connectivity index (χ0) is 14.5. The van der Waals surface area contributed by atoms with Crippen LogP contribution in [0.1, 0.15) is 28.9 Å². The minimum atomic E-state index is -0.188. The Kier molecular flexibility index (Phi) is 4.82. The summed E-state index contributed by atoms with van der Waals surface area (Å²) in [7, 11) is 0. The predicted molar refractivity (Wildman–Crippen MR) is 81.7 cm³/mol. The van der Waals surface area contributed by atoms with Crippen molar-refractivity contribution in [2.24, 2.45) is 5.73 Å². The number of carbonyl (C=O) groups excluding carboxylic acids is 1. The Morgan fingerprint density at radius 1 is 1.65 bits per heavy atom. The van der Waals surface area contributed by atoms with Gasteiger partial charge in [-0.1, -0.05) is 11.3 Å². The first-order valence-electron chi connectivity index (χ1n) is 6.60. The Morgan fingerprint density at radius 3 is 3.10 bits per heavy atom. The van der Waals surface area contributed by atoms with Crippen LogP contribution in [-0.4, -0.2) is 36.6 Å². The summed E-state index contributed by atoms with van der Waals surface area (Å²) in [5, 5.41) is 3.57. The Balaban J connectivity index is 1.97. The highest BCUT2D eigenvalue weighted by Crippen LogP contribution is 2.30. The van der Waals surface area contributed by atoms with Gasteiger partial charge in [0.25, 0.3) is 5.91 Å². The fourth-order valence-electron chi connectivity index (χ4n) is 2.05. The summed E-state index contributed by atoms with van der Waals surface area (Å²) in [6.07, 6.45) is 7.50. The van der Waals surface area contributed by atoms with E-state index >= 15 is 0 Å². The Labute approximate surface area is 122 Å². The molecule has 1 amide bonds. The zero-order valence-corrected chi connectivity index (χ0v) is 12.1. The molecule has 1 saturated heterocycles. The van der Waals surface area contributed by atoms with Gasteiger partial charge in [-0.15, -0.1) is 12.3 Å². The van der Waals surface area contributed by atoms with E-state index in [0.717, 1.165) is 31.1 Å². The smallest absolute Gasteiger partial charge is 0.265 e. The summed E-state index contributed by atoms with van der Waals surface area (Å²) in [4.78, 5) is 18.8. The van der Waals surface area contributed by atoms with Gasteiger partial charge in [0.15, 0.2) is 5.13 Å². The molecule has 0 radical (unpaired) electrons. The number of aromatic nitrogens is 1. The maximum absolute atomic E-state index is 12.0. The van der Waals surface area contributed by atoms with E-state index in [1.807, 2.05) is 0 Å². The number of nitrogens with two attached hydrogens (primary N) is 2. The number of unbranched alkanes of at least 4 members (excludes halogenated alkanes) is 1. The molecule has 1 aromatic rings. The van der Waals surface area contributed by atoms with Crippen molar-refractivity contribution in [3.63, 3.8) is 0 Å². The highest BCUT2D eigenvalue weighted by molar-refractivity contribution is 7.18. The molecule has 0 bridgehead atoms. The molecule has 0 aliphatic carbocycles. The number of nitrogens with zero attached hydrogens (tertiary/aromatic N) is 2. The van der Waals surface area contributed by atoms with E-state index in [4.69, 9.17) is 17.9 Å². The lowest BCUT2D eigenvalue weighted by atomic mass is 10.3. The first kappa shape index (κ1) is 14.6. The second kappa shape index (κ2) is 6.59. The molecular formula is C13H19N5OS. The van der Waals surface area contributed by atoms with Gasteiger partial charge in [0.2, 0.25) is 0 Å². The van der Waals surface area contributed by atoms with E-state index in [0.29, 0.717) is 17.8 Å². The van der Waals surface area contributed by atoms with Gasteiger partial charge in [-0.05, 0) is 12.8 Å². The van der Waals surface area contributed by atoms with Crippen LogP contribution in [0.4, 0.5) is 10.9 Å². The summed E-state index contributed by atoms with van der Waals surface area (Å²) in [5.74, 6) is 2.62. The average Bonchev–Trinajstić information content (AvgIpc) is 3.00. The second-order valence-corrected chi connectivity index (χ2v) is 5.75. The second-order valence-electron chi connectivity index (χ2n) is 4.77. The number of thiazole rings is 1. The topological polar surface area (TPSA) is 97.3 Å².